The van der Waals surface area contributed by atoms with Crippen molar-refractivity contribution < 1.29 is 18.3 Å². The highest BCUT2D eigenvalue weighted by atomic mass is 32.2. The van der Waals surface area contributed by atoms with E-state index in [4.69, 9.17) is 5.11 Å². The van der Waals surface area contributed by atoms with Crippen LogP contribution in [0.4, 0.5) is 0 Å². The van der Waals surface area contributed by atoms with Crippen LogP contribution in [0.5, 0.6) is 0 Å². The Balaban J connectivity index is 2.09. The number of hydrogen-bond acceptors (Lipinski definition) is 3. The maximum Gasteiger partial charge on any atom is 0.303 e. The molecule has 1 atom stereocenters. The van der Waals surface area contributed by atoms with E-state index in [1.807, 2.05) is 55.5 Å². The Morgan fingerprint density at radius 2 is 1.76 bits per heavy atom. The second-order valence-corrected chi connectivity index (χ2v) is 7.94. The van der Waals surface area contributed by atoms with E-state index < -0.39 is 22.0 Å². The molecule has 5 nitrogen and oxygen atoms in total. The van der Waals surface area contributed by atoms with Gasteiger partial charge < -0.3 is 5.11 Å². The van der Waals surface area contributed by atoms with Crippen molar-refractivity contribution in [1.82, 2.24) is 4.72 Å². The monoisotopic (exact) mass is 361 g/mol. The number of carboxylic acids is 1. The van der Waals surface area contributed by atoms with Gasteiger partial charge in [-0.1, -0.05) is 60.2 Å². The van der Waals surface area contributed by atoms with Gasteiger partial charge in [0.25, 0.3) is 0 Å². The van der Waals surface area contributed by atoms with Crippen LogP contribution in [0.1, 0.15) is 29.5 Å². The van der Waals surface area contributed by atoms with Crippen LogP contribution in [-0.2, 0) is 27.0 Å². The lowest BCUT2D eigenvalue weighted by Crippen LogP contribution is -2.37. The molecule has 134 valence electrons. The predicted molar refractivity (Wildman–Crippen MR) is 97.7 cm³/mol. The van der Waals surface area contributed by atoms with Gasteiger partial charge in [-0.3, -0.25) is 4.79 Å². The molecular formula is C19H23NO4S. The first-order valence-electron chi connectivity index (χ1n) is 8.15. The largest absolute Gasteiger partial charge is 0.481 e. The van der Waals surface area contributed by atoms with E-state index in [1.165, 1.54) is 0 Å². The van der Waals surface area contributed by atoms with Crippen LogP contribution in [0.25, 0.3) is 0 Å². The fraction of sp³-hybridized carbons (Fsp3) is 0.316. The zero-order valence-electron chi connectivity index (χ0n) is 14.2. The van der Waals surface area contributed by atoms with Crippen LogP contribution in [0, 0.1) is 6.92 Å². The molecular weight excluding hydrogens is 338 g/mol. The summed E-state index contributed by atoms with van der Waals surface area (Å²) >= 11 is 0. The number of sulfonamides is 1. The lowest BCUT2D eigenvalue weighted by molar-refractivity contribution is -0.137. The van der Waals surface area contributed by atoms with Crippen molar-refractivity contribution in [1.29, 1.82) is 0 Å². The normalized spacial score (nSPS) is 12.7. The van der Waals surface area contributed by atoms with Crippen molar-refractivity contribution in [2.75, 3.05) is 0 Å². The lowest BCUT2D eigenvalue weighted by Gasteiger charge is -2.18. The van der Waals surface area contributed by atoms with Gasteiger partial charge in [-0.25, -0.2) is 13.1 Å². The summed E-state index contributed by atoms with van der Waals surface area (Å²) in [4.78, 5) is 10.9. The van der Waals surface area contributed by atoms with Crippen LogP contribution < -0.4 is 4.72 Å². The molecule has 0 heterocycles. The highest BCUT2D eigenvalue weighted by Crippen LogP contribution is 2.12. The summed E-state index contributed by atoms with van der Waals surface area (Å²) < 4.78 is 27.7. The highest BCUT2D eigenvalue weighted by molar-refractivity contribution is 7.88. The Kier molecular flexibility index (Phi) is 6.73. The van der Waals surface area contributed by atoms with E-state index in [0.29, 0.717) is 12.0 Å². The van der Waals surface area contributed by atoms with E-state index in [9.17, 15) is 13.2 Å². The molecule has 0 fully saturated rings. The molecule has 0 aliphatic heterocycles. The Hall–Kier alpha value is -2.18. The molecule has 2 aromatic rings. The predicted octanol–water partition coefficient (Wildman–Crippen LogP) is 2.89. The van der Waals surface area contributed by atoms with E-state index in [1.54, 1.807) is 6.07 Å². The van der Waals surface area contributed by atoms with Gasteiger partial charge in [-0.2, -0.15) is 0 Å². The number of hydrogen-bond donors (Lipinski definition) is 2. The standard InChI is InChI=1S/C19H23NO4S/c1-15-6-5-9-17(12-15)14-25(23,24)20-18(10-11-19(21)22)13-16-7-3-2-4-8-16/h2-9,12,18,20H,10-11,13-14H2,1H3,(H,21,22). The number of carbonyl (C=O) groups is 1. The first-order chi connectivity index (χ1) is 11.8. The third kappa shape index (κ3) is 7.07. The zero-order valence-corrected chi connectivity index (χ0v) is 15.0. The van der Waals surface area contributed by atoms with E-state index in [-0.39, 0.29) is 18.6 Å². The maximum absolute atomic E-state index is 12.5. The number of carboxylic acid groups (broad SMARTS) is 1. The molecule has 0 saturated carbocycles. The summed E-state index contributed by atoms with van der Waals surface area (Å²) in [6.07, 6.45) is 0.628. The quantitative estimate of drug-likeness (QED) is 0.719. The number of nitrogens with one attached hydrogen (secondary N) is 1. The fourth-order valence-corrected chi connectivity index (χ4v) is 4.13. The minimum absolute atomic E-state index is 0.0789. The van der Waals surface area contributed by atoms with Gasteiger partial charge in [-0.05, 0) is 30.9 Å². The van der Waals surface area contributed by atoms with Crippen LogP contribution in [-0.4, -0.2) is 25.5 Å². The second-order valence-electron chi connectivity index (χ2n) is 6.19. The van der Waals surface area contributed by atoms with E-state index >= 15 is 0 Å². The first-order valence-corrected chi connectivity index (χ1v) is 9.80. The minimum atomic E-state index is -3.56. The summed E-state index contributed by atoms with van der Waals surface area (Å²) in [5.41, 5.74) is 2.68. The average molecular weight is 361 g/mol. The van der Waals surface area contributed by atoms with Gasteiger partial charge in [-0.15, -0.1) is 0 Å². The van der Waals surface area contributed by atoms with E-state index in [2.05, 4.69) is 4.72 Å². The minimum Gasteiger partial charge on any atom is -0.481 e. The smallest absolute Gasteiger partial charge is 0.303 e. The second kappa shape index (κ2) is 8.78. The van der Waals surface area contributed by atoms with Gasteiger partial charge in [0.05, 0.1) is 5.75 Å². The third-order valence-corrected chi connectivity index (χ3v) is 5.22. The van der Waals surface area contributed by atoms with Crippen molar-refractivity contribution in [2.45, 2.75) is 38.0 Å². The van der Waals surface area contributed by atoms with Crippen molar-refractivity contribution in [3.63, 3.8) is 0 Å². The molecule has 2 aromatic carbocycles. The molecule has 0 aromatic heterocycles. The number of aliphatic carboxylic acids is 1. The third-order valence-electron chi connectivity index (χ3n) is 3.82. The van der Waals surface area contributed by atoms with Crippen molar-refractivity contribution in [3.8, 4) is 0 Å². The fourth-order valence-electron chi connectivity index (χ4n) is 2.72. The number of aryl methyl sites for hydroxylation is 1. The van der Waals surface area contributed by atoms with E-state index in [0.717, 1.165) is 11.1 Å². The average Bonchev–Trinajstić information content (AvgIpc) is 2.53. The molecule has 0 radical (unpaired) electrons. The van der Waals surface area contributed by atoms with Crippen molar-refractivity contribution in [2.24, 2.45) is 0 Å². The molecule has 2 rings (SSSR count). The molecule has 0 amide bonds. The first kappa shape index (κ1) is 19.1. The molecule has 1 unspecified atom stereocenters. The van der Waals surface area contributed by atoms with Crippen LogP contribution in [0.2, 0.25) is 0 Å². The maximum atomic E-state index is 12.5. The summed E-state index contributed by atoms with van der Waals surface area (Å²) in [5, 5.41) is 8.92. The Bertz CT molecular complexity index is 803. The summed E-state index contributed by atoms with van der Waals surface area (Å²) in [7, 11) is -3.56. The van der Waals surface area contributed by atoms with Crippen molar-refractivity contribution >= 4 is 16.0 Å². The van der Waals surface area contributed by atoms with Gasteiger partial charge in [0.15, 0.2) is 0 Å². The van der Waals surface area contributed by atoms with Crippen LogP contribution in [0.15, 0.2) is 54.6 Å². The van der Waals surface area contributed by atoms with Gasteiger partial charge in [0.1, 0.15) is 0 Å². The van der Waals surface area contributed by atoms with Gasteiger partial charge in [0.2, 0.25) is 10.0 Å². The summed E-state index contributed by atoms with van der Waals surface area (Å²) in [6, 6.07) is 16.4. The lowest BCUT2D eigenvalue weighted by atomic mass is 10.0. The molecule has 25 heavy (non-hydrogen) atoms. The molecule has 0 saturated heterocycles. The van der Waals surface area contributed by atoms with Gasteiger partial charge >= 0.3 is 5.97 Å². The Morgan fingerprint density at radius 3 is 2.40 bits per heavy atom. The van der Waals surface area contributed by atoms with Crippen LogP contribution in [0.3, 0.4) is 0 Å². The molecule has 0 spiro atoms. The highest BCUT2D eigenvalue weighted by Gasteiger charge is 2.20. The molecule has 0 aliphatic carbocycles. The molecule has 0 aliphatic rings. The molecule has 2 N–H and O–H groups in total. The molecule has 6 heteroatoms. The number of rotatable bonds is 9. The summed E-state index contributed by atoms with van der Waals surface area (Å²) in [5.74, 6) is -1.05. The zero-order chi connectivity index (χ0) is 18.3. The summed E-state index contributed by atoms with van der Waals surface area (Å²) in [6.45, 7) is 1.91. The number of benzene rings is 2. The van der Waals surface area contributed by atoms with Crippen molar-refractivity contribution in [3.05, 3.63) is 71.3 Å². The Morgan fingerprint density at radius 1 is 1.08 bits per heavy atom. The molecule has 0 bridgehead atoms. The van der Waals surface area contributed by atoms with Gasteiger partial charge in [0, 0.05) is 12.5 Å². The topological polar surface area (TPSA) is 83.5 Å². The Labute approximate surface area is 148 Å². The SMILES string of the molecule is Cc1cccc(CS(=O)(=O)NC(CCC(=O)O)Cc2ccccc2)c1. The van der Waals surface area contributed by atoms with Crippen LogP contribution >= 0.6 is 0 Å².